The van der Waals surface area contributed by atoms with Gasteiger partial charge in [0.25, 0.3) is 0 Å². The van der Waals surface area contributed by atoms with Crippen LogP contribution in [0.1, 0.15) is 25.8 Å². The van der Waals surface area contributed by atoms with Crippen molar-refractivity contribution < 1.29 is 24.2 Å². The van der Waals surface area contributed by atoms with Crippen molar-refractivity contribution in [1.29, 1.82) is 0 Å². The highest BCUT2D eigenvalue weighted by molar-refractivity contribution is 6.00. The molecule has 0 spiro atoms. The van der Waals surface area contributed by atoms with Crippen LogP contribution in [-0.2, 0) is 25.5 Å². The largest absolute Gasteiger partial charge is 0.465 e. The SMILES string of the molecule is CCOC(=O)C(C/C=C\CO)(Cc1ccccc1)C(=O)OCC. The lowest BCUT2D eigenvalue weighted by Gasteiger charge is -2.28. The van der Waals surface area contributed by atoms with Crippen molar-refractivity contribution >= 4 is 11.9 Å². The van der Waals surface area contributed by atoms with Crippen LogP contribution < -0.4 is 0 Å². The van der Waals surface area contributed by atoms with E-state index in [0.29, 0.717) is 0 Å². The molecular formula is C18H24O5. The van der Waals surface area contributed by atoms with Crippen LogP contribution in [0.5, 0.6) is 0 Å². The highest BCUT2D eigenvalue weighted by atomic mass is 16.6. The van der Waals surface area contributed by atoms with Crippen molar-refractivity contribution in [3.63, 3.8) is 0 Å². The topological polar surface area (TPSA) is 72.8 Å². The molecule has 0 aromatic heterocycles. The van der Waals surface area contributed by atoms with Crippen LogP contribution in [0, 0.1) is 5.41 Å². The molecule has 0 aliphatic carbocycles. The summed E-state index contributed by atoms with van der Waals surface area (Å²) in [6.07, 6.45) is 3.40. The smallest absolute Gasteiger partial charge is 0.324 e. The van der Waals surface area contributed by atoms with Gasteiger partial charge in [-0.25, -0.2) is 0 Å². The standard InChI is InChI=1S/C18H24O5/c1-3-22-16(20)18(12-8-9-13-19,17(21)23-4-2)14-15-10-6-5-7-11-15/h5-11,19H,3-4,12-14H2,1-2H3/b9-8-. The molecule has 0 aliphatic heterocycles. The number of aliphatic hydroxyl groups excluding tert-OH is 1. The third-order valence-corrected chi connectivity index (χ3v) is 3.42. The lowest BCUT2D eigenvalue weighted by atomic mass is 9.78. The molecule has 23 heavy (non-hydrogen) atoms. The van der Waals surface area contributed by atoms with Crippen molar-refractivity contribution in [3.8, 4) is 0 Å². The summed E-state index contributed by atoms with van der Waals surface area (Å²) in [5.74, 6) is -1.21. The number of allylic oxidation sites excluding steroid dienone is 1. The Labute approximate surface area is 136 Å². The number of benzene rings is 1. The van der Waals surface area contributed by atoms with Crippen LogP contribution in [0.4, 0.5) is 0 Å². The normalized spacial score (nSPS) is 11.4. The fourth-order valence-electron chi connectivity index (χ4n) is 2.31. The van der Waals surface area contributed by atoms with Crippen LogP contribution in [-0.4, -0.2) is 36.9 Å². The first kappa shape index (κ1) is 18.9. The van der Waals surface area contributed by atoms with Gasteiger partial charge in [0.05, 0.1) is 19.8 Å². The number of carbonyl (C=O) groups excluding carboxylic acids is 2. The summed E-state index contributed by atoms with van der Waals surface area (Å²) >= 11 is 0. The van der Waals surface area contributed by atoms with Gasteiger partial charge in [-0.2, -0.15) is 0 Å². The first-order valence-corrected chi connectivity index (χ1v) is 7.75. The summed E-state index contributed by atoms with van der Waals surface area (Å²) < 4.78 is 10.3. The van der Waals surface area contributed by atoms with Gasteiger partial charge < -0.3 is 14.6 Å². The second-order valence-electron chi connectivity index (χ2n) is 5.04. The van der Waals surface area contributed by atoms with E-state index in [2.05, 4.69) is 0 Å². The molecule has 0 saturated heterocycles. The molecule has 0 fully saturated rings. The van der Waals surface area contributed by atoms with Crippen LogP contribution in [0.3, 0.4) is 0 Å². The van der Waals surface area contributed by atoms with Gasteiger partial charge in [0.1, 0.15) is 0 Å². The maximum absolute atomic E-state index is 12.6. The minimum Gasteiger partial charge on any atom is -0.465 e. The zero-order valence-electron chi connectivity index (χ0n) is 13.7. The third-order valence-electron chi connectivity index (χ3n) is 3.42. The molecule has 0 atom stereocenters. The number of hydrogen-bond acceptors (Lipinski definition) is 5. The monoisotopic (exact) mass is 320 g/mol. The summed E-state index contributed by atoms with van der Waals surface area (Å²) in [5, 5.41) is 8.92. The van der Waals surface area contributed by atoms with E-state index in [1.165, 1.54) is 6.08 Å². The second kappa shape index (κ2) is 9.79. The van der Waals surface area contributed by atoms with E-state index in [1.54, 1.807) is 19.9 Å². The number of rotatable bonds is 9. The number of aliphatic hydroxyl groups is 1. The Morgan fingerprint density at radius 3 is 2.09 bits per heavy atom. The van der Waals surface area contributed by atoms with E-state index in [9.17, 15) is 9.59 Å². The van der Waals surface area contributed by atoms with Crippen LogP contribution in [0.25, 0.3) is 0 Å². The first-order chi connectivity index (χ1) is 11.1. The fraction of sp³-hybridized carbons (Fsp3) is 0.444. The fourth-order valence-corrected chi connectivity index (χ4v) is 2.31. The maximum Gasteiger partial charge on any atom is 0.324 e. The van der Waals surface area contributed by atoms with Gasteiger partial charge in [0.2, 0.25) is 0 Å². The van der Waals surface area contributed by atoms with E-state index in [4.69, 9.17) is 14.6 Å². The van der Waals surface area contributed by atoms with Gasteiger partial charge >= 0.3 is 11.9 Å². The second-order valence-corrected chi connectivity index (χ2v) is 5.04. The molecular weight excluding hydrogens is 296 g/mol. The van der Waals surface area contributed by atoms with Crippen LogP contribution in [0.2, 0.25) is 0 Å². The van der Waals surface area contributed by atoms with Gasteiger partial charge in [-0.15, -0.1) is 0 Å². The molecule has 1 aromatic carbocycles. The summed E-state index contributed by atoms with van der Waals surface area (Å²) in [6.45, 7) is 3.59. The average Bonchev–Trinajstić information content (AvgIpc) is 2.55. The van der Waals surface area contributed by atoms with Crippen LogP contribution in [0.15, 0.2) is 42.5 Å². The molecule has 5 heteroatoms. The van der Waals surface area contributed by atoms with Gasteiger partial charge in [0, 0.05) is 0 Å². The first-order valence-electron chi connectivity index (χ1n) is 7.75. The number of hydrogen-bond donors (Lipinski definition) is 1. The number of esters is 2. The minimum atomic E-state index is -1.45. The zero-order valence-corrected chi connectivity index (χ0v) is 13.7. The summed E-state index contributed by atoms with van der Waals surface area (Å²) in [6, 6.07) is 9.26. The summed E-state index contributed by atoms with van der Waals surface area (Å²) in [5.41, 5.74) is -0.607. The molecule has 0 radical (unpaired) electrons. The van der Waals surface area contributed by atoms with Crippen molar-refractivity contribution in [2.45, 2.75) is 26.7 Å². The molecule has 1 aromatic rings. The molecule has 1 N–H and O–H groups in total. The van der Waals surface area contributed by atoms with Crippen molar-refractivity contribution in [3.05, 3.63) is 48.0 Å². The molecule has 0 heterocycles. The Balaban J connectivity index is 3.22. The van der Waals surface area contributed by atoms with E-state index in [0.717, 1.165) is 5.56 Å². The number of carbonyl (C=O) groups is 2. The summed E-state index contributed by atoms with van der Waals surface area (Å²) in [4.78, 5) is 25.1. The molecule has 126 valence electrons. The Morgan fingerprint density at radius 2 is 1.61 bits per heavy atom. The molecule has 1 rings (SSSR count). The van der Waals surface area contributed by atoms with Gasteiger partial charge in [-0.3, -0.25) is 9.59 Å². The maximum atomic E-state index is 12.6. The van der Waals surface area contributed by atoms with Gasteiger partial charge in [-0.1, -0.05) is 42.5 Å². The molecule has 0 amide bonds. The molecule has 0 bridgehead atoms. The molecule has 0 aliphatic rings. The Morgan fingerprint density at radius 1 is 1.04 bits per heavy atom. The minimum absolute atomic E-state index is 0.111. The molecule has 5 nitrogen and oxygen atoms in total. The Kier molecular flexibility index (Phi) is 8.05. The van der Waals surface area contributed by atoms with Gasteiger partial charge in [0.15, 0.2) is 5.41 Å². The number of ether oxygens (including phenoxy) is 2. The van der Waals surface area contributed by atoms with E-state index >= 15 is 0 Å². The van der Waals surface area contributed by atoms with Crippen molar-refractivity contribution in [1.82, 2.24) is 0 Å². The zero-order chi connectivity index (χ0) is 17.1. The predicted octanol–water partition coefficient (Wildman–Crippen LogP) is 2.28. The van der Waals surface area contributed by atoms with Crippen molar-refractivity contribution in [2.24, 2.45) is 5.41 Å². The highest BCUT2D eigenvalue weighted by Gasteiger charge is 2.48. The third kappa shape index (κ3) is 5.21. The predicted molar refractivity (Wildman–Crippen MR) is 86.7 cm³/mol. The quantitative estimate of drug-likeness (QED) is 0.429. The van der Waals surface area contributed by atoms with Gasteiger partial charge in [-0.05, 0) is 32.3 Å². The van der Waals surface area contributed by atoms with E-state index < -0.39 is 17.4 Å². The van der Waals surface area contributed by atoms with Crippen molar-refractivity contribution in [2.75, 3.05) is 19.8 Å². The lowest BCUT2D eigenvalue weighted by Crippen LogP contribution is -2.43. The molecule has 0 unspecified atom stereocenters. The van der Waals surface area contributed by atoms with E-state index in [1.807, 2.05) is 30.3 Å². The molecule has 0 saturated carbocycles. The van der Waals surface area contributed by atoms with Crippen LogP contribution >= 0.6 is 0 Å². The van der Waals surface area contributed by atoms with E-state index in [-0.39, 0.29) is 32.7 Å². The lowest BCUT2D eigenvalue weighted by molar-refractivity contribution is -0.171. The summed E-state index contributed by atoms with van der Waals surface area (Å²) in [7, 11) is 0. The Hall–Kier alpha value is -2.14. The highest BCUT2D eigenvalue weighted by Crippen LogP contribution is 2.32. The average molecular weight is 320 g/mol. The Bertz CT molecular complexity index is 503.